The molecule has 0 radical (unpaired) electrons. The fourth-order valence-electron chi connectivity index (χ4n) is 4.34. The highest BCUT2D eigenvalue weighted by atomic mass is 16.5. The molecule has 1 atom stereocenters. The summed E-state index contributed by atoms with van der Waals surface area (Å²) in [5.74, 6) is 0. The SMILES string of the molecule is Cc1cccc(-n2cc(CN3CCCC[C@@H]3CCN3CCOCC3)cn2)c1. The van der Waals surface area contributed by atoms with Crippen molar-refractivity contribution in [1.29, 1.82) is 0 Å². The average molecular weight is 369 g/mol. The number of aryl methyl sites for hydroxylation is 1. The maximum absolute atomic E-state index is 5.48. The van der Waals surface area contributed by atoms with Gasteiger partial charge in [0.2, 0.25) is 0 Å². The minimum atomic E-state index is 0.698. The Kier molecular flexibility index (Phi) is 6.22. The Morgan fingerprint density at radius 2 is 2.04 bits per heavy atom. The van der Waals surface area contributed by atoms with Gasteiger partial charge in [0.15, 0.2) is 0 Å². The van der Waals surface area contributed by atoms with E-state index in [1.54, 1.807) is 0 Å². The van der Waals surface area contributed by atoms with Gasteiger partial charge in [-0.15, -0.1) is 0 Å². The highest BCUT2D eigenvalue weighted by Gasteiger charge is 2.24. The van der Waals surface area contributed by atoms with Crippen LogP contribution in [0.15, 0.2) is 36.7 Å². The number of rotatable bonds is 6. The third kappa shape index (κ3) is 4.98. The van der Waals surface area contributed by atoms with E-state index in [0.717, 1.165) is 38.5 Å². The molecule has 1 aromatic carbocycles. The molecule has 2 fully saturated rings. The summed E-state index contributed by atoms with van der Waals surface area (Å²) in [5.41, 5.74) is 3.72. The van der Waals surface area contributed by atoms with Crippen molar-refractivity contribution in [2.24, 2.45) is 0 Å². The van der Waals surface area contributed by atoms with Gasteiger partial charge in [0.25, 0.3) is 0 Å². The number of morpholine rings is 1. The molecule has 0 spiro atoms. The van der Waals surface area contributed by atoms with Crippen molar-refractivity contribution in [3.8, 4) is 5.69 Å². The molecule has 2 aliphatic rings. The summed E-state index contributed by atoms with van der Waals surface area (Å²) in [7, 11) is 0. The lowest BCUT2D eigenvalue weighted by Crippen LogP contribution is -2.43. The molecule has 1 aromatic heterocycles. The molecule has 0 aliphatic carbocycles. The second-order valence-electron chi connectivity index (χ2n) is 7.99. The van der Waals surface area contributed by atoms with Crippen molar-refractivity contribution in [3.63, 3.8) is 0 Å². The maximum atomic E-state index is 5.48. The van der Waals surface area contributed by atoms with E-state index in [9.17, 15) is 0 Å². The van der Waals surface area contributed by atoms with Gasteiger partial charge >= 0.3 is 0 Å². The summed E-state index contributed by atoms with van der Waals surface area (Å²) >= 11 is 0. The zero-order valence-corrected chi connectivity index (χ0v) is 16.5. The maximum Gasteiger partial charge on any atom is 0.0648 e. The highest BCUT2D eigenvalue weighted by molar-refractivity contribution is 5.35. The van der Waals surface area contributed by atoms with E-state index in [2.05, 4.69) is 52.3 Å². The van der Waals surface area contributed by atoms with Gasteiger partial charge in [0.1, 0.15) is 0 Å². The fraction of sp³-hybridized carbons (Fsp3) is 0.591. The molecule has 0 N–H and O–H groups in total. The van der Waals surface area contributed by atoms with Crippen LogP contribution in [0.3, 0.4) is 0 Å². The van der Waals surface area contributed by atoms with Crippen LogP contribution in [0.25, 0.3) is 5.69 Å². The Morgan fingerprint density at radius 1 is 1.15 bits per heavy atom. The van der Waals surface area contributed by atoms with Gasteiger partial charge < -0.3 is 4.74 Å². The van der Waals surface area contributed by atoms with Crippen LogP contribution in [0.1, 0.15) is 36.8 Å². The predicted molar refractivity (Wildman–Crippen MR) is 108 cm³/mol. The molecular weight excluding hydrogens is 336 g/mol. The van der Waals surface area contributed by atoms with Gasteiger partial charge in [-0.3, -0.25) is 9.80 Å². The summed E-state index contributed by atoms with van der Waals surface area (Å²) in [6.45, 7) is 9.53. The predicted octanol–water partition coefficient (Wildman–Crippen LogP) is 3.26. The second-order valence-corrected chi connectivity index (χ2v) is 7.99. The zero-order valence-electron chi connectivity index (χ0n) is 16.5. The number of aromatic nitrogens is 2. The smallest absolute Gasteiger partial charge is 0.0648 e. The van der Waals surface area contributed by atoms with Gasteiger partial charge in [-0.1, -0.05) is 18.6 Å². The lowest BCUT2D eigenvalue weighted by atomic mass is 9.98. The molecule has 0 amide bonds. The van der Waals surface area contributed by atoms with Crippen LogP contribution in [0.4, 0.5) is 0 Å². The molecule has 146 valence electrons. The zero-order chi connectivity index (χ0) is 18.5. The summed E-state index contributed by atoms with van der Waals surface area (Å²) < 4.78 is 7.49. The monoisotopic (exact) mass is 368 g/mol. The Bertz CT molecular complexity index is 723. The lowest BCUT2D eigenvalue weighted by molar-refractivity contribution is 0.0302. The first kappa shape index (κ1) is 18.7. The number of likely N-dealkylation sites (tertiary alicyclic amines) is 1. The first-order valence-electron chi connectivity index (χ1n) is 10.4. The van der Waals surface area contributed by atoms with E-state index in [4.69, 9.17) is 4.74 Å². The molecule has 5 nitrogen and oxygen atoms in total. The normalized spacial score (nSPS) is 22.2. The Morgan fingerprint density at radius 3 is 2.89 bits per heavy atom. The van der Waals surface area contributed by atoms with E-state index < -0.39 is 0 Å². The van der Waals surface area contributed by atoms with Gasteiger partial charge in [-0.2, -0.15) is 5.10 Å². The van der Waals surface area contributed by atoms with Crippen molar-refractivity contribution in [1.82, 2.24) is 19.6 Å². The van der Waals surface area contributed by atoms with Crippen LogP contribution in [0, 0.1) is 6.92 Å². The molecule has 27 heavy (non-hydrogen) atoms. The lowest BCUT2D eigenvalue weighted by Gasteiger charge is -2.37. The highest BCUT2D eigenvalue weighted by Crippen LogP contribution is 2.23. The first-order valence-corrected chi connectivity index (χ1v) is 10.4. The molecule has 0 bridgehead atoms. The van der Waals surface area contributed by atoms with Crippen LogP contribution in [-0.4, -0.2) is 65.0 Å². The second kappa shape index (κ2) is 9.00. The van der Waals surface area contributed by atoms with Crippen LogP contribution >= 0.6 is 0 Å². The van der Waals surface area contributed by atoms with Gasteiger partial charge in [-0.05, 0) is 57.0 Å². The topological polar surface area (TPSA) is 33.5 Å². The minimum absolute atomic E-state index is 0.698. The van der Waals surface area contributed by atoms with Crippen molar-refractivity contribution in [2.45, 2.75) is 45.2 Å². The van der Waals surface area contributed by atoms with Crippen LogP contribution in [0.5, 0.6) is 0 Å². The van der Waals surface area contributed by atoms with E-state index in [0.29, 0.717) is 6.04 Å². The Balaban J connectivity index is 1.36. The number of ether oxygens (including phenoxy) is 1. The molecule has 2 aromatic rings. The van der Waals surface area contributed by atoms with Gasteiger partial charge in [0.05, 0.1) is 25.1 Å². The number of nitrogens with zero attached hydrogens (tertiary/aromatic N) is 4. The van der Waals surface area contributed by atoms with E-state index in [-0.39, 0.29) is 0 Å². The van der Waals surface area contributed by atoms with E-state index in [1.807, 2.05) is 10.9 Å². The van der Waals surface area contributed by atoms with Crippen molar-refractivity contribution in [2.75, 3.05) is 39.4 Å². The molecule has 3 heterocycles. The molecule has 2 saturated heterocycles. The Labute approximate surface area is 162 Å². The van der Waals surface area contributed by atoms with Crippen LogP contribution < -0.4 is 0 Å². The van der Waals surface area contributed by atoms with Crippen molar-refractivity contribution >= 4 is 0 Å². The van der Waals surface area contributed by atoms with Crippen LogP contribution in [0.2, 0.25) is 0 Å². The largest absolute Gasteiger partial charge is 0.379 e. The number of hydrogen-bond donors (Lipinski definition) is 0. The number of hydrogen-bond acceptors (Lipinski definition) is 4. The van der Waals surface area contributed by atoms with Crippen molar-refractivity contribution < 1.29 is 4.74 Å². The van der Waals surface area contributed by atoms with Crippen molar-refractivity contribution in [3.05, 3.63) is 47.8 Å². The molecular formula is C22H32N4O. The average Bonchev–Trinajstić information content (AvgIpc) is 3.17. The Hall–Kier alpha value is -1.69. The first-order chi connectivity index (χ1) is 13.3. The van der Waals surface area contributed by atoms with E-state index >= 15 is 0 Å². The summed E-state index contributed by atoms with van der Waals surface area (Å²) in [4.78, 5) is 5.24. The summed E-state index contributed by atoms with van der Waals surface area (Å²) in [6.07, 6.45) is 9.52. The third-order valence-electron chi connectivity index (χ3n) is 5.92. The molecule has 5 heteroatoms. The number of benzene rings is 1. The summed E-state index contributed by atoms with van der Waals surface area (Å²) in [5, 5.41) is 4.61. The third-order valence-corrected chi connectivity index (χ3v) is 5.92. The van der Waals surface area contributed by atoms with Gasteiger partial charge in [-0.25, -0.2) is 4.68 Å². The number of piperidine rings is 1. The quantitative estimate of drug-likeness (QED) is 0.784. The molecule has 0 saturated carbocycles. The fourth-order valence-corrected chi connectivity index (χ4v) is 4.34. The van der Waals surface area contributed by atoms with Crippen LogP contribution in [-0.2, 0) is 11.3 Å². The summed E-state index contributed by atoms with van der Waals surface area (Å²) in [6, 6.07) is 9.22. The minimum Gasteiger partial charge on any atom is -0.379 e. The molecule has 0 unspecified atom stereocenters. The molecule has 2 aliphatic heterocycles. The molecule has 4 rings (SSSR count). The standard InChI is InChI=1S/C22H32N4O/c1-19-5-4-7-22(15-19)26-18-20(16-23-26)17-25-9-3-2-6-21(25)8-10-24-11-13-27-14-12-24/h4-5,7,15-16,18,21H,2-3,6,8-14,17H2,1H3/t21-/m1/s1. The van der Waals surface area contributed by atoms with E-state index in [1.165, 1.54) is 49.9 Å². The van der Waals surface area contributed by atoms with Gasteiger partial charge in [0, 0.05) is 37.4 Å².